The Labute approximate surface area is 132 Å². The SMILES string of the molecule is CCOC(=O)c1nc(CCNc2ccc(C#N)nn2)sc1C. The monoisotopic (exact) mass is 317 g/mol. The molecule has 0 aromatic carbocycles. The summed E-state index contributed by atoms with van der Waals surface area (Å²) in [6.07, 6.45) is 0.659. The maximum Gasteiger partial charge on any atom is 0.358 e. The lowest BCUT2D eigenvalue weighted by atomic mass is 10.3. The Hall–Kier alpha value is -2.53. The molecule has 8 heteroatoms. The van der Waals surface area contributed by atoms with Crippen molar-refractivity contribution < 1.29 is 9.53 Å². The average molecular weight is 317 g/mol. The van der Waals surface area contributed by atoms with Gasteiger partial charge in [-0.05, 0) is 26.0 Å². The fourth-order valence-electron chi connectivity index (χ4n) is 1.73. The van der Waals surface area contributed by atoms with Crippen LogP contribution in [0.1, 0.15) is 33.0 Å². The predicted octanol–water partition coefficient (Wildman–Crippen LogP) is 1.94. The van der Waals surface area contributed by atoms with Gasteiger partial charge in [-0.15, -0.1) is 21.5 Å². The number of esters is 1. The zero-order chi connectivity index (χ0) is 15.9. The maximum absolute atomic E-state index is 11.7. The highest BCUT2D eigenvalue weighted by Gasteiger charge is 2.16. The second-order valence-corrected chi connectivity index (χ2v) is 5.61. The van der Waals surface area contributed by atoms with Crippen molar-refractivity contribution in [2.75, 3.05) is 18.5 Å². The topological polar surface area (TPSA) is 101 Å². The number of carbonyl (C=O) groups is 1. The Kier molecular flexibility index (Phi) is 5.38. The van der Waals surface area contributed by atoms with Crippen LogP contribution in [-0.2, 0) is 11.2 Å². The number of nitrogens with zero attached hydrogens (tertiary/aromatic N) is 4. The Morgan fingerprint density at radius 3 is 2.91 bits per heavy atom. The molecule has 0 spiro atoms. The molecule has 1 N–H and O–H groups in total. The highest BCUT2D eigenvalue weighted by molar-refractivity contribution is 7.11. The number of carbonyl (C=O) groups excluding carboxylic acids is 1. The van der Waals surface area contributed by atoms with Gasteiger partial charge in [0, 0.05) is 17.8 Å². The quantitative estimate of drug-likeness (QED) is 0.812. The number of aryl methyl sites for hydroxylation is 1. The van der Waals surface area contributed by atoms with Crippen LogP contribution in [0, 0.1) is 18.3 Å². The van der Waals surface area contributed by atoms with Crippen molar-refractivity contribution in [3.8, 4) is 6.07 Å². The predicted molar refractivity (Wildman–Crippen MR) is 81.7 cm³/mol. The van der Waals surface area contributed by atoms with E-state index in [1.165, 1.54) is 11.3 Å². The first kappa shape index (κ1) is 15.9. The van der Waals surface area contributed by atoms with E-state index in [0.29, 0.717) is 31.1 Å². The molecule has 0 atom stereocenters. The lowest BCUT2D eigenvalue weighted by Gasteiger charge is -2.02. The molecule has 7 nitrogen and oxygen atoms in total. The normalized spacial score (nSPS) is 10.0. The van der Waals surface area contributed by atoms with Gasteiger partial charge < -0.3 is 10.1 Å². The Balaban J connectivity index is 1.90. The van der Waals surface area contributed by atoms with Crippen molar-refractivity contribution in [2.24, 2.45) is 0 Å². The van der Waals surface area contributed by atoms with Crippen LogP contribution < -0.4 is 5.32 Å². The highest BCUT2D eigenvalue weighted by atomic mass is 32.1. The third-order valence-electron chi connectivity index (χ3n) is 2.73. The van der Waals surface area contributed by atoms with Crippen molar-refractivity contribution >= 4 is 23.1 Å². The second kappa shape index (κ2) is 7.47. The second-order valence-electron chi connectivity index (χ2n) is 4.33. The van der Waals surface area contributed by atoms with E-state index < -0.39 is 0 Å². The van der Waals surface area contributed by atoms with Gasteiger partial charge in [0.1, 0.15) is 11.9 Å². The molecular formula is C14H15N5O2S. The zero-order valence-corrected chi connectivity index (χ0v) is 13.1. The number of rotatable bonds is 6. The summed E-state index contributed by atoms with van der Waals surface area (Å²) >= 11 is 1.48. The smallest absolute Gasteiger partial charge is 0.358 e. The van der Waals surface area contributed by atoms with Crippen LogP contribution in [0.25, 0.3) is 0 Å². The average Bonchev–Trinajstić information content (AvgIpc) is 2.89. The lowest BCUT2D eigenvalue weighted by Crippen LogP contribution is -2.08. The molecule has 22 heavy (non-hydrogen) atoms. The van der Waals surface area contributed by atoms with E-state index in [1.54, 1.807) is 19.1 Å². The van der Waals surface area contributed by atoms with Gasteiger partial charge in [-0.3, -0.25) is 0 Å². The number of ether oxygens (including phenoxy) is 1. The molecule has 0 aliphatic heterocycles. The van der Waals surface area contributed by atoms with Gasteiger partial charge in [-0.2, -0.15) is 5.26 Å². The zero-order valence-electron chi connectivity index (χ0n) is 12.3. The molecule has 114 valence electrons. The molecule has 0 aliphatic rings. The fraction of sp³-hybridized carbons (Fsp3) is 0.357. The molecule has 2 heterocycles. The van der Waals surface area contributed by atoms with Crippen molar-refractivity contribution in [1.82, 2.24) is 15.2 Å². The number of nitrogens with one attached hydrogen (secondary N) is 1. The molecule has 0 unspecified atom stereocenters. The number of anilines is 1. The first-order chi connectivity index (χ1) is 10.6. The van der Waals surface area contributed by atoms with E-state index in [4.69, 9.17) is 10.00 Å². The molecule has 2 aromatic rings. The fourth-order valence-corrected chi connectivity index (χ4v) is 2.65. The molecule has 0 radical (unpaired) electrons. The summed E-state index contributed by atoms with van der Waals surface area (Å²) in [6, 6.07) is 5.21. The number of thiazole rings is 1. The number of hydrogen-bond donors (Lipinski definition) is 1. The summed E-state index contributed by atoms with van der Waals surface area (Å²) in [5.74, 6) is 0.214. The van der Waals surface area contributed by atoms with Crippen molar-refractivity contribution in [3.63, 3.8) is 0 Å². The standard InChI is InChI=1S/C14H15N5O2S/c1-3-21-14(20)13-9(2)22-12(17-13)6-7-16-11-5-4-10(8-15)18-19-11/h4-5H,3,6-7H2,1-2H3,(H,16,19). The van der Waals surface area contributed by atoms with E-state index in [2.05, 4.69) is 20.5 Å². The molecule has 0 saturated carbocycles. The minimum Gasteiger partial charge on any atom is -0.461 e. The van der Waals surface area contributed by atoms with Crippen molar-refractivity contribution in [2.45, 2.75) is 20.3 Å². The van der Waals surface area contributed by atoms with Gasteiger partial charge >= 0.3 is 5.97 Å². The van der Waals surface area contributed by atoms with Gasteiger partial charge in [-0.1, -0.05) is 0 Å². The summed E-state index contributed by atoms with van der Waals surface area (Å²) in [4.78, 5) is 16.9. The summed E-state index contributed by atoms with van der Waals surface area (Å²) in [5, 5.41) is 20.2. The third-order valence-corrected chi connectivity index (χ3v) is 3.76. The van der Waals surface area contributed by atoms with Crippen molar-refractivity contribution in [3.05, 3.63) is 33.4 Å². The minimum atomic E-state index is -0.381. The lowest BCUT2D eigenvalue weighted by molar-refractivity contribution is 0.0519. The number of hydrogen-bond acceptors (Lipinski definition) is 8. The van der Waals surface area contributed by atoms with Crippen molar-refractivity contribution in [1.29, 1.82) is 5.26 Å². The van der Waals surface area contributed by atoms with E-state index in [1.807, 2.05) is 13.0 Å². The molecule has 0 bridgehead atoms. The first-order valence-electron chi connectivity index (χ1n) is 6.75. The maximum atomic E-state index is 11.7. The highest BCUT2D eigenvalue weighted by Crippen LogP contribution is 2.19. The number of aromatic nitrogens is 3. The largest absolute Gasteiger partial charge is 0.461 e. The summed E-state index contributed by atoms with van der Waals surface area (Å²) in [5.41, 5.74) is 0.667. The van der Waals surface area contributed by atoms with E-state index >= 15 is 0 Å². The van der Waals surface area contributed by atoms with Crippen LogP contribution in [0.15, 0.2) is 12.1 Å². The molecular weight excluding hydrogens is 302 g/mol. The molecule has 0 fully saturated rings. The summed E-state index contributed by atoms with van der Waals surface area (Å²) in [6.45, 7) is 4.57. The molecule has 2 rings (SSSR count). The number of nitriles is 1. The molecule has 0 saturated heterocycles. The Bertz CT molecular complexity index is 690. The van der Waals surface area contributed by atoms with Crippen LogP contribution in [0.4, 0.5) is 5.82 Å². The van der Waals surface area contributed by atoms with Gasteiger partial charge in [0.2, 0.25) is 0 Å². The molecule has 0 aliphatic carbocycles. The van der Waals surface area contributed by atoms with Crippen LogP contribution in [0.2, 0.25) is 0 Å². The van der Waals surface area contributed by atoms with Gasteiger partial charge in [0.05, 0.1) is 11.6 Å². The molecule has 0 amide bonds. The minimum absolute atomic E-state index is 0.278. The van der Waals surface area contributed by atoms with Gasteiger partial charge in [-0.25, -0.2) is 9.78 Å². The van der Waals surface area contributed by atoms with Gasteiger partial charge in [0.15, 0.2) is 11.4 Å². The first-order valence-corrected chi connectivity index (χ1v) is 7.56. The van der Waals surface area contributed by atoms with Crippen LogP contribution in [0.3, 0.4) is 0 Å². The van der Waals surface area contributed by atoms with Gasteiger partial charge in [0.25, 0.3) is 0 Å². The summed E-state index contributed by atoms with van der Waals surface area (Å²) in [7, 11) is 0. The Morgan fingerprint density at radius 1 is 1.45 bits per heavy atom. The van der Waals surface area contributed by atoms with E-state index in [9.17, 15) is 4.79 Å². The summed E-state index contributed by atoms with van der Waals surface area (Å²) < 4.78 is 4.96. The van der Waals surface area contributed by atoms with E-state index in [-0.39, 0.29) is 11.7 Å². The van der Waals surface area contributed by atoms with Crippen LogP contribution in [-0.4, -0.2) is 34.3 Å². The van der Waals surface area contributed by atoms with E-state index in [0.717, 1.165) is 9.88 Å². The van der Waals surface area contributed by atoms with Crippen LogP contribution >= 0.6 is 11.3 Å². The Morgan fingerprint density at radius 2 is 2.27 bits per heavy atom. The molecule has 2 aromatic heterocycles. The third kappa shape index (κ3) is 3.99. The van der Waals surface area contributed by atoms with Crippen LogP contribution in [0.5, 0.6) is 0 Å².